The summed E-state index contributed by atoms with van der Waals surface area (Å²) in [7, 11) is 0. The first-order valence-electron chi connectivity index (χ1n) is 5.22. The van der Waals surface area contributed by atoms with E-state index in [1.54, 1.807) is 12.1 Å². The maximum atomic E-state index is 13.7. The highest BCUT2D eigenvalue weighted by atomic mass is 35.5. The van der Waals surface area contributed by atoms with Crippen LogP contribution in [0.1, 0.15) is 16.1 Å². The second-order valence-electron chi connectivity index (χ2n) is 3.80. The van der Waals surface area contributed by atoms with Gasteiger partial charge in [0.2, 0.25) is 5.78 Å². The van der Waals surface area contributed by atoms with Crippen molar-refractivity contribution in [1.82, 2.24) is 4.98 Å². The van der Waals surface area contributed by atoms with Gasteiger partial charge in [0.15, 0.2) is 11.0 Å². The fourth-order valence-corrected chi connectivity index (χ4v) is 2.03. The number of carbonyl (C=O) groups excluding carboxylic acids is 1. The molecule has 0 fully saturated rings. The van der Waals surface area contributed by atoms with Crippen LogP contribution < -0.4 is 0 Å². The quantitative estimate of drug-likeness (QED) is 0.715. The van der Waals surface area contributed by atoms with Crippen molar-refractivity contribution >= 4 is 28.3 Å². The van der Waals surface area contributed by atoms with E-state index >= 15 is 0 Å². The summed E-state index contributed by atoms with van der Waals surface area (Å²) >= 11 is 5.61. The molecule has 0 atom stereocenters. The number of furan rings is 1. The summed E-state index contributed by atoms with van der Waals surface area (Å²) in [6, 6.07) is 7.52. The lowest BCUT2D eigenvalue weighted by atomic mass is 10.1. The Hall–Kier alpha value is -2.07. The van der Waals surface area contributed by atoms with Gasteiger partial charge in [-0.15, -0.1) is 0 Å². The van der Waals surface area contributed by atoms with E-state index < -0.39 is 11.6 Å². The van der Waals surface area contributed by atoms with E-state index in [0.29, 0.717) is 5.52 Å². The lowest BCUT2D eigenvalue weighted by Gasteiger charge is -1.97. The molecular weight excluding hydrogens is 257 g/mol. The summed E-state index contributed by atoms with van der Waals surface area (Å²) < 4.78 is 18.8. The molecule has 18 heavy (non-hydrogen) atoms. The number of fused-ring (bicyclic) bond motifs is 1. The lowest BCUT2D eigenvalue weighted by molar-refractivity contribution is 0.101. The zero-order chi connectivity index (χ0) is 12.7. The van der Waals surface area contributed by atoms with Gasteiger partial charge in [0.1, 0.15) is 5.82 Å². The van der Waals surface area contributed by atoms with Gasteiger partial charge in [-0.05, 0) is 35.9 Å². The van der Waals surface area contributed by atoms with Gasteiger partial charge >= 0.3 is 0 Å². The SMILES string of the molecule is O=C(c1ccc(Cl)o1)c1c[nH]c2cccc(F)c12. The third-order valence-electron chi connectivity index (χ3n) is 2.70. The molecule has 1 aromatic carbocycles. The molecule has 3 nitrogen and oxygen atoms in total. The van der Waals surface area contributed by atoms with E-state index in [2.05, 4.69) is 4.98 Å². The Bertz CT molecular complexity index is 744. The second kappa shape index (κ2) is 3.99. The summed E-state index contributed by atoms with van der Waals surface area (Å²) in [5, 5.41) is 0.383. The third kappa shape index (κ3) is 1.62. The van der Waals surface area contributed by atoms with Crippen LogP contribution in [0, 0.1) is 5.82 Å². The Morgan fingerprint density at radius 1 is 1.28 bits per heavy atom. The molecule has 0 bridgehead atoms. The number of aromatic amines is 1. The molecule has 3 aromatic rings. The van der Waals surface area contributed by atoms with E-state index in [1.807, 2.05) is 0 Å². The number of rotatable bonds is 2. The molecule has 1 N–H and O–H groups in total. The van der Waals surface area contributed by atoms with Crippen LogP contribution in [-0.2, 0) is 0 Å². The van der Waals surface area contributed by atoms with Gasteiger partial charge in [-0.2, -0.15) is 0 Å². The molecule has 90 valence electrons. The minimum absolute atomic E-state index is 0.0872. The van der Waals surface area contributed by atoms with Gasteiger partial charge in [0.25, 0.3) is 0 Å². The zero-order valence-electron chi connectivity index (χ0n) is 9.04. The highest BCUT2D eigenvalue weighted by molar-refractivity contribution is 6.29. The first-order chi connectivity index (χ1) is 8.66. The summed E-state index contributed by atoms with van der Waals surface area (Å²) in [5.74, 6) is -0.767. The van der Waals surface area contributed by atoms with Gasteiger partial charge in [-0.25, -0.2) is 4.39 Å². The molecule has 0 saturated carbocycles. The lowest BCUT2D eigenvalue weighted by Crippen LogP contribution is -1.99. The molecule has 5 heteroatoms. The number of hydrogen-bond acceptors (Lipinski definition) is 2. The van der Waals surface area contributed by atoms with Crippen LogP contribution in [0.3, 0.4) is 0 Å². The predicted octanol–water partition coefficient (Wildman–Crippen LogP) is 3.78. The van der Waals surface area contributed by atoms with Gasteiger partial charge in [-0.1, -0.05) is 6.07 Å². The normalized spacial score (nSPS) is 11.0. The summed E-state index contributed by atoms with van der Waals surface area (Å²) in [5.41, 5.74) is 0.796. The largest absolute Gasteiger partial charge is 0.441 e. The first-order valence-corrected chi connectivity index (χ1v) is 5.60. The second-order valence-corrected chi connectivity index (χ2v) is 4.17. The van der Waals surface area contributed by atoms with Crippen LogP contribution >= 0.6 is 11.6 Å². The van der Waals surface area contributed by atoms with Crippen LogP contribution in [0.25, 0.3) is 10.9 Å². The van der Waals surface area contributed by atoms with E-state index in [9.17, 15) is 9.18 Å². The number of hydrogen-bond donors (Lipinski definition) is 1. The first kappa shape index (κ1) is 11.0. The van der Waals surface area contributed by atoms with Crippen LogP contribution in [0.15, 0.2) is 40.9 Å². The molecule has 2 heterocycles. The number of nitrogens with one attached hydrogen (secondary N) is 1. The van der Waals surface area contributed by atoms with Crippen molar-refractivity contribution < 1.29 is 13.6 Å². The van der Waals surface area contributed by atoms with E-state index in [1.165, 1.54) is 24.4 Å². The van der Waals surface area contributed by atoms with Gasteiger partial charge in [0, 0.05) is 17.1 Å². The predicted molar refractivity (Wildman–Crippen MR) is 65.4 cm³/mol. The number of benzene rings is 1. The molecule has 3 rings (SSSR count). The van der Waals surface area contributed by atoms with Gasteiger partial charge < -0.3 is 9.40 Å². The molecule has 0 radical (unpaired) electrons. The Kier molecular flexibility index (Phi) is 2.45. The zero-order valence-corrected chi connectivity index (χ0v) is 9.79. The molecule has 0 aliphatic rings. The Balaban J connectivity index is 2.18. The smallest absolute Gasteiger partial charge is 0.230 e. The standard InChI is InChI=1S/C13H7ClFNO2/c14-11-5-4-10(18-11)13(17)7-6-16-9-3-1-2-8(15)12(7)9/h1-6,16H. The molecule has 0 spiro atoms. The van der Waals surface area contributed by atoms with Crippen molar-refractivity contribution in [3.05, 3.63) is 58.9 Å². The van der Waals surface area contributed by atoms with Crippen LogP contribution in [0.4, 0.5) is 4.39 Å². The highest BCUT2D eigenvalue weighted by Gasteiger charge is 2.19. The van der Waals surface area contributed by atoms with Crippen molar-refractivity contribution in [2.45, 2.75) is 0 Å². The fraction of sp³-hybridized carbons (Fsp3) is 0. The minimum Gasteiger partial charge on any atom is -0.441 e. The van der Waals surface area contributed by atoms with Crippen LogP contribution in [-0.4, -0.2) is 10.8 Å². The maximum Gasteiger partial charge on any atom is 0.230 e. The van der Waals surface area contributed by atoms with Crippen molar-refractivity contribution in [2.24, 2.45) is 0 Å². The molecule has 0 amide bonds. The summed E-state index contributed by atoms with van der Waals surface area (Å²) in [4.78, 5) is 15.0. The number of H-pyrrole nitrogens is 1. The van der Waals surface area contributed by atoms with Crippen LogP contribution in [0.2, 0.25) is 5.22 Å². The fourth-order valence-electron chi connectivity index (χ4n) is 1.89. The average molecular weight is 264 g/mol. The minimum atomic E-state index is -0.449. The number of ketones is 1. The number of carbonyl (C=O) groups is 1. The molecular formula is C13H7ClFNO2. The van der Waals surface area contributed by atoms with Gasteiger partial charge in [0.05, 0.1) is 5.56 Å². The summed E-state index contributed by atoms with van der Waals surface area (Å²) in [6.45, 7) is 0. The number of halogens is 2. The van der Waals surface area contributed by atoms with E-state index in [-0.39, 0.29) is 21.9 Å². The maximum absolute atomic E-state index is 13.7. The third-order valence-corrected chi connectivity index (χ3v) is 2.90. The van der Waals surface area contributed by atoms with Crippen LogP contribution in [0.5, 0.6) is 0 Å². The Morgan fingerprint density at radius 2 is 2.11 bits per heavy atom. The highest BCUT2D eigenvalue weighted by Crippen LogP contribution is 2.25. The van der Waals surface area contributed by atoms with Gasteiger partial charge in [-0.3, -0.25) is 4.79 Å². The van der Waals surface area contributed by atoms with Crippen molar-refractivity contribution in [3.8, 4) is 0 Å². The summed E-state index contributed by atoms with van der Waals surface area (Å²) in [6.07, 6.45) is 1.46. The number of aromatic nitrogens is 1. The van der Waals surface area contributed by atoms with Crippen molar-refractivity contribution in [2.75, 3.05) is 0 Å². The van der Waals surface area contributed by atoms with E-state index in [0.717, 1.165) is 0 Å². The van der Waals surface area contributed by atoms with Crippen molar-refractivity contribution in [1.29, 1.82) is 0 Å². The molecule has 0 aliphatic heterocycles. The topological polar surface area (TPSA) is 46.0 Å². The van der Waals surface area contributed by atoms with Crippen molar-refractivity contribution in [3.63, 3.8) is 0 Å². The molecule has 2 aromatic heterocycles. The molecule has 0 unspecified atom stereocenters. The monoisotopic (exact) mass is 263 g/mol. The molecule has 0 saturated heterocycles. The Morgan fingerprint density at radius 3 is 2.83 bits per heavy atom. The molecule has 0 aliphatic carbocycles. The van der Waals surface area contributed by atoms with E-state index in [4.69, 9.17) is 16.0 Å². The Labute approximate surface area is 106 Å². The average Bonchev–Trinajstić information content (AvgIpc) is 2.95.